The van der Waals surface area contributed by atoms with Gasteiger partial charge in [0.2, 0.25) is 10.0 Å². The summed E-state index contributed by atoms with van der Waals surface area (Å²) in [6.07, 6.45) is 0.529. The molecular weight excluding hydrogens is 342 g/mol. The molecule has 0 saturated carbocycles. The van der Waals surface area contributed by atoms with Crippen molar-refractivity contribution in [1.29, 1.82) is 0 Å². The predicted octanol–water partition coefficient (Wildman–Crippen LogP) is 2.49. The Morgan fingerprint density at radius 2 is 1.76 bits per heavy atom. The fourth-order valence-corrected chi connectivity index (χ4v) is 3.65. The van der Waals surface area contributed by atoms with Crippen molar-refractivity contribution in [1.82, 2.24) is 4.72 Å². The monoisotopic (exact) mass is 363 g/mol. The van der Waals surface area contributed by atoms with Gasteiger partial charge in [0.05, 0.1) is 9.82 Å². The number of rotatable bonds is 7. The second-order valence-corrected chi connectivity index (χ2v) is 7.65. The molecule has 7 nitrogen and oxygen atoms in total. The number of nitrogens with zero attached hydrogens (tertiary/aromatic N) is 2. The van der Waals surface area contributed by atoms with Gasteiger partial charge in [0.15, 0.2) is 0 Å². The van der Waals surface area contributed by atoms with E-state index in [1.807, 2.05) is 43.3 Å². The Bertz CT molecular complexity index is 862. The molecular formula is C17H21N3O4S. The summed E-state index contributed by atoms with van der Waals surface area (Å²) in [6.45, 7) is 1.82. The SMILES string of the molecule is Cc1ccc([N+](=O)[O-])cc1S(=O)(=O)NCCc1ccc(N(C)C)cc1. The van der Waals surface area contributed by atoms with E-state index in [4.69, 9.17) is 0 Å². The van der Waals surface area contributed by atoms with Crippen LogP contribution in [0.2, 0.25) is 0 Å². The smallest absolute Gasteiger partial charge is 0.270 e. The number of hydrogen-bond donors (Lipinski definition) is 1. The summed E-state index contributed by atoms with van der Waals surface area (Å²) in [4.78, 5) is 12.2. The van der Waals surface area contributed by atoms with Crippen LogP contribution in [0.25, 0.3) is 0 Å². The molecule has 0 spiro atoms. The maximum absolute atomic E-state index is 12.4. The molecule has 0 bridgehead atoms. The Kier molecular flexibility index (Phi) is 5.76. The standard InChI is InChI=1S/C17H21N3O4S/c1-13-4-7-16(20(21)22)12-17(13)25(23,24)18-11-10-14-5-8-15(9-6-14)19(2)3/h4-9,12,18H,10-11H2,1-3H3. The van der Waals surface area contributed by atoms with Crippen LogP contribution in [-0.4, -0.2) is 34.0 Å². The van der Waals surface area contributed by atoms with Crippen molar-refractivity contribution in [2.75, 3.05) is 25.5 Å². The summed E-state index contributed by atoms with van der Waals surface area (Å²) in [7, 11) is 0.0965. The molecule has 0 fully saturated rings. The molecule has 0 aliphatic carbocycles. The molecule has 0 heterocycles. The van der Waals surface area contributed by atoms with Gasteiger partial charge >= 0.3 is 0 Å². The van der Waals surface area contributed by atoms with Gasteiger partial charge < -0.3 is 4.90 Å². The molecule has 0 atom stereocenters. The highest BCUT2D eigenvalue weighted by atomic mass is 32.2. The van der Waals surface area contributed by atoms with Gasteiger partial charge in [0, 0.05) is 38.5 Å². The second-order valence-electron chi connectivity index (χ2n) is 5.92. The Hall–Kier alpha value is -2.45. The zero-order valence-corrected chi connectivity index (χ0v) is 15.2. The third-order valence-corrected chi connectivity index (χ3v) is 5.43. The molecule has 0 aliphatic heterocycles. The summed E-state index contributed by atoms with van der Waals surface area (Å²) in [5.41, 5.74) is 2.29. The van der Waals surface area contributed by atoms with Crippen molar-refractivity contribution >= 4 is 21.4 Å². The van der Waals surface area contributed by atoms with Gasteiger partial charge in [-0.3, -0.25) is 10.1 Å². The molecule has 2 aromatic carbocycles. The Morgan fingerprint density at radius 1 is 1.12 bits per heavy atom. The number of anilines is 1. The summed E-state index contributed by atoms with van der Waals surface area (Å²) < 4.78 is 27.3. The van der Waals surface area contributed by atoms with Gasteiger partial charge in [0.25, 0.3) is 5.69 Å². The highest BCUT2D eigenvalue weighted by molar-refractivity contribution is 7.89. The molecule has 2 rings (SSSR count). The number of aryl methyl sites for hydroxylation is 1. The third kappa shape index (κ3) is 4.77. The Labute approximate surface area is 147 Å². The van der Waals surface area contributed by atoms with E-state index in [0.29, 0.717) is 12.0 Å². The largest absolute Gasteiger partial charge is 0.378 e. The number of hydrogen-bond acceptors (Lipinski definition) is 5. The van der Waals surface area contributed by atoms with Crippen molar-refractivity contribution in [2.45, 2.75) is 18.2 Å². The summed E-state index contributed by atoms with van der Waals surface area (Å²) in [6, 6.07) is 11.6. The van der Waals surface area contributed by atoms with Crippen molar-refractivity contribution < 1.29 is 13.3 Å². The van der Waals surface area contributed by atoms with Crippen LogP contribution in [-0.2, 0) is 16.4 Å². The molecule has 0 aromatic heterocycles. The lowest BCUT2D eigenvalue weighted by atomic mass is 10.1. The Morgan fingerprint density at radius 3 is 2.32 bits per heavy atom. The first-order valence-corrected chi connectivity index (χ1v) is 9.20. The first-order chi connectivity index (χ1) is 11.7. The molecule has 0 saturated heterocycles. The van der Waals surface area contributed by atoms with E-state index in [2.05, 4.69) is 4.72 Å². The average molecular weight is 363 g/mol. The van der Waals surface area contributed by atoms with Crippen LogP contribution in [0.1, 0.15) is 11.1 Å². The van der Waals surface area contributed by atoms with Crippen molar-refractivity contribution in [2.24, 2.45) is 0 Å². The first kappa shape index (κ1) is 18.9. The van der Waals surface area contributed by atoms with E-state index < -0.39 is 14.9 Å². The lowest BCUT2D eigenvalue weighted by Crippen LogP contribution is -2.26. The summed E-state index contributed by atoms with van der Waals surface area (Å²) in [5, 5.41) is 10.9. The molecule has 0 amide bonds. The molecule has 0 radical (unpaired) electrons. The van der Waals surface area contributed by atoms with Crippen LogP contribution in [0.4, 0.5) is 11.4 Å². The van der Waals surface area contributed by atoms with E-state index in [1.54, 1.807) is 6.92 Å². The van der Waals surface area contributed by atoms with Crippen LogP contribution < -0.4 is 9.62 Å². The maximum atomic E-state index is 12.4. The number of non-ortho nitro benzene ring substituents is 1. The molecule has 0 aliphatic rings. The maximum Gasteiger partial charge on any atom is 0.270 e. The van der Waals surface area contributed by atoms with Crippen LogP contribution in [0.3, 0.4) is 0 Å². The topological polar surface area (TPSA) is 92.5 Å². The van der Waals surface area contributed by atoms with E-state index >= 15 is 0 Å². The van der Waals surface area contributed by atoms with E-state index in [-0.39, 0.29) is 17.1 Å². The van der Waals surface area contributed by atoms with Gasteiger partial charge in [-0.2, -0.15) is 0 Å². The van der Waals surface area contributed by atoms with Gasteiger partial charge in [-0.05, 0) is 36.6 Å². The highest BCUT2D eigenvalue weighted by Gasteiger charge is 2.20. The van der Waals surface area contributed by atoms with E-state index in [9.17, 15) is 18.5 Å². The summed E-state index contributed by atoms with van der Waals surface area (Å²) >= 11 is 0. The normalized spacial score (nSPS) is 11.3. The highest BCUT2D eigenvalue weighted by Crippen LogP contribution is 2.21. The zero-order chi connectivity index (χ0) is 18.6. The third-order valence-electron chi connectivity index (χ3n) is 3.83. The fourth-order valence-electron chi connectivity index (χ4n) is 2.36. The minimum Gasteiger partial charge on any atom is -0.378 e. The average Bonchev–Trinajstić information content (AvgIpc) is 2.55. The predicted molar refractivity (Wildman–Crippen MR) is 97.5 cm³/mol. The van der Waals surface area contributed by atoms with Gasteiger partial charge in [-0.1, -0.05) is 18.2 Å². The van der Waals surface area contributed by atoms with Gasteiger partial charge in [-0.25, -0.2) is 13.1 Å². The molecule has 0 unspecified atom stereocenters. The minimum atomic E-state index is -3.80. The van der Waals surface area contributed by atoms with Crippen LogP contribution in [0, 0.1) is 17.0 Å². The molecule has 8 heteroatoms. The summed E-state index contributed by atoms with van der Waals surface area (Å²) in [5.74, 6) is 0. The van der Waals surface area contributed by atoms with E-state index in [1.165, 1.54) is 12.1 Å². The molecule has 1 N–H and O–H groups in total. The van der Waals surface area contributed by atoms with E-state index in [0.717, 1.165) is 17.3 Å². The number of nitrogens with one attached hydrogen (secondary N) is 1. The van der Waals surface area contributed by atoms with Crippen LogP contribution in [0.5, 0.6) is 0 Å². The van der Waals surface area contributed by atoms with Crippen LogP contribution in [0.15, 0.2) is 47.4 Å². The minimum absolute atomic E-state index is 0.0651. The number of nitro groups is 1. The van der Waals surface area contributed by atoms with Crippen LogP contribution >= 0.6 is 0 Å². The second kappa shape index (κ2) is 7.62. The number of nitro benzene ring substituents is 1. The molecule has 2 aromatic rings. The molecule has 25 heavy (non-hydrogen) atoms. The fraction of sp³-hybridized carbons (Fsp3) is 0.294. The van der Waals surface area contributed by atoms with Gasteiger partial charge in [0.1, 0.15) is 0 Å². The van der Waals surface area contributed by atoms with Crippen molar-refractivity contribution in [3.05, 3.63) is 63.7 Å². The van der Waals surface area contributed by atoms with Crippen molar-refractivity contribution in [3.8, 4) is 0 Å². The zero-order valence-electron chi connectivity index (χ0n) is 14.4. The number of benzene rings is 2. The Balaban J connectivity index is 2.07. The lowest BCUT2D eigenvalue weighted by Gasteiger charge is -2.13. The van der Waals surface area contributed by atoms with Crippen molar-refractivity contribution in [3.63, 3.8) is 0 Å². The quantitative estimate of drug-likeness (QED) is 0.603. The first-order valence-electron chi connectivity index (χ1n) is 7.71. The number of sulfonamides is 1. The lowest BCUT2D eigenvalue weighted by molar-refractivity contribution is -0.385. The van der Waals surface area contributed by atoms with Gasteiger partial charge in [-0.15, -0.1) is 0 Å². The molecule has 134 valence electrons.